The van der Waals surface area contributed by atoms with Crippen LogP contribution in [-0.4, -0.2) is 10.1 Å². The van der Waals surface area contributed by atoms with Crippen LogP contribution in [0.1, 0.15) is 17.2 Å². The molecule has 0 radical (unpaired) electrons. The molecule has 3 N–H and O–H groups in total. The number of nitrogen functional groups attached to an aromatic ring is 1. The van der Waals surface area contributed by atoms with Crippen LogP contribution in [0.15, 0.2) is 47.1 Å². The number of halogens is 1. The van der Waals surface area contributed by atoms with Crippen LogP contribution in [0, 0.1) is 0 Å². The van der Waals surface area contributed by atoms with Crippen LogP contribution in [0.25, 0.3) is 0 Å². The van der Waals surface area contributed by atoms with Crippen LogP contribution in [0.2, 0.25) is 0 Å². The Balaban J connectivity index is 2.17. The first-order valence-corrected chi connectivity index (χ1v) is 6.09. The summed E-state index contributed by atoms with van der Waals surface area (Å²) in [5, 5.41) is 10.1. The molecule has 0 saturated carbocycles. The van der Waals surface area contributed by atoms with Gasteiger partial charge in [-0.1, -0.05) is 34.1 Å². The summed E-state index contributed by atoms with van der Waals surface area (Å²) in [6, 6.07) is 11.3. The summed E-state index contributed by atoms with van der Waals surface area (Å²) in [7, 11) is 0. The molecule has 0 fully saturated rings. The number of aromatic nitrogens is 1. The molecule has 88 valence electrons. The fourth-order valence-corrected chi connectivity index (χ4v) is 2.08. The third kappa shape index (κ3) is 3.05. The van der Waals surface area contributed by atoms with E-state index in [9.17, 15) is 5.11 Å². The number of pyridine rings is 1. The van der Waals surface area contributed by atoms with Crippen LogP contribution in [0.5, 0.6) is 0 Å². The molecule has 1 unspecified atom stereocenters. The molecule has 4 heteroatoms. The molecule has 1 atom stereocenters. The van der Waals surface area contributed by atoms with Gasteiger partial charge in [0.2, 0.25) is 0 Å². The summed E-state index contributed by atoms with van der Waals surface area (Å²) < 4.78 is 0.952. The summed E-state index contributed by atoms with van der Waals surface area (Å²) in [5.41, 5.74) is 7.47. The second-order valence-electron chi connectivity index (χ2n) is 3.82. The predicted octanol–water partition coefficient (Wildman–Crippen LogP) is 2.70. The second kappa shape index (κ2) is 5.29. The van der Waals surface area contributed by atoms with Crippen molar-refractivity contribution in [2.45, 2.75) is 12.5 Å². The first-order chi connectivity index (χ1) is 8.16. The van der Waals surface area contributed by atoms with Gasteiger partial charge in [-0.25, -0.2) is 4.98 Å². The van der Waals surface area contributed by atoms with Gasteiger partial charge in [0.1, 0.15) is 5.82 Å². The van der Waals surface area contributed by atoms with Crippen LogP contribution in [0.4, 0.5) is 5.82 Å². The van der Waals surface area contributed by atoms with Gasteiger partial charge in [-0.15, -0.1) is 0 Å². The van der Waals surface area contributed by atoms with Gasteiger partial charge in [0.05, 0.1) is 6.10 Å². The van der Waals surface area contributed by atoms with Gasteiger partial charge in [-0.3, -0.25) is 0 Å². The molecule has 3 nitrogen and oxygen atoms in total. The molecule has 0 aliphatic heterocycles. The quantitative estimate of drug-likeness (QED) is 0.914. The molecule has 0 aliphatic carbocycles. The minimum atomic E-state index is -0.570. The number of aliphatic hydroxyl groups is 1. The molecule has 17 heavy (non-hydrogen) atoms. The highest BCUT2D eigenvalue weighted by Gasteiger charge is 2.10. The number of benzene rings is 1. The fraction of sp³-hybridized carbons (Fsp3) is 0.154. The minimum absolute atomic E-state index is 0.468. The lowest BCUT2D eigenvalue weighted by Crippen LogP contribution is -2.05. The fourth-order valence-electron chi connectivity index (χ4n) is 1.66. The van der Waals surface area contributed by atoms with Crippen molar-refractivity contribution in [3.63, 3.8) is 0 Å². The molecule has 0 amide bonds. The maximum absolute atomic E-state index is 10.1. The van der Waals surface area contributed by atoms with E-state index in [1.54, 1.807) is 6.20 Å². The van der Waals surface area contributed by atoms with E-state index in [1.807, 2.05) is 36.4 Å². The zero-order chi connectivity index (χ0) is 12.3. The van der Waals surface area contributed by atoms with E-state index in [0.29, 0.717) is 12.2 Å². The van der Waals surface area contributed by atoms with Gasteiger partial charge in [-0.05, 0) is 29.3 Å². The zero-order valence-electron chi connectivity index (χ0n) is 9.18. The average Bonchev–Trinajstić information content (AvgIpc) is 2.32. The van der Waals surface area contributed by atoms with E-state index in [0.717, 1.165) is 15.6 Å². The zero-order valence-corrected chi connectivity index (χ0v) is 10.8. The summed E-state index contributed by atoms with van der Waals surface area (Å²) >= 11 is 3.38. The van der Waals surface area contributed by atoms with Gasteiger partial charge < -0.3 is 10.8 Å². The molecule has 0 saturated heterocycles. The number of nitrogens with zero attached hydrogens (tertiary/aromatic N) is 1. The van der Waals surface area contributed by atoms with Gasteiger partial charge in [0.15, 0.2) is 0 Å². The maximum Gasteiger partial charge on any atom is 0.126 e. The summed E-state index contributed by atoms with van der Waals surface area (Å²) in [6.45, 7) is 0. The number of aliphatic hydroxyl groups excluding tert-OH is 1. The number of rotatable bonds is 3. The average molecular weight is 293 g/mol. The van der Waals surface area contributed by atoms with Crippen LogP contribution in [-0.2, 0) is 6.42 Å². The Morgan fingerprint density at radius 1 is 1.29 bits per heavy atom. The van der Waals surface area contributed by atoms with E-state index in [4.69, 9.17) is 5.73 Å². The molecule has 0 aliphatic rings. The summed E-state index contributed by atoms with van der Waals surface area (Å²) in [6.07, 6.45) is 1.54. The normalized spacial score (nSPS) is 12.4. The van der Waals surface area contributed by atoms with Crippen molar-refractivity contribution >= 4 is 21.7 Å². The first-order valence-electron chi connectivity index (χ1n) is 5.29. The lowest BCUT2D eigenvalue weighted by Gasteiger charge is -2.12. The molecule has 2 aromatic rings. The Hall–Kier alpha value is -1.39. The lowest BCUT2D eigenvalue weighted by molar-refractivity contribution is 0.178. The highest BCUT2D eigenvalue weighted by atomic mass is 79.9. The highest BCUT2D eigenvalue weighted by Crippen LogP contribution is 2.22. The Kier molecular flexibility index (Phi) is 3.76. The van der Waals surface area contributed by atoms with E-state index < -0.39 is 6.10 Å². The molecule has 0 bridgehead atoms. The standard InChI is InChI=1S/C13H13BrN2O/c14-11-5-1-3-9(7-11)12(17)8-10-4-2-6-16-13(10)15/h1-7,12,17H,8H2,(H2,15,16). The van der Waals surface area contributed by atoms with Crippen molar-refractivity contribution in [3.05, 3.63) is 58.2 Å². The SMILES string of the molecule is Nc1ncccc1CC(O)c1cccc(Br)c1. The molecular weight excluding hydrogens is 280 g/mol. The maximum atomic E-state index is 10.1. The topological polar surface area (TPSA) is 59.1 Å². The van der Waals surface area contributed by atoms with Crippen molar-refractivity contribution in [1.29, 1.82) is 0 Å². The van der Waals surface area contributed by atoms with E-state index >= 15 is 0 Å². The molecular formula is C13H13BrN2O. The Morgan fingerprint density at radius 2 is 2.12 bits per heavy atom. The van der Waals surface area contributed by atoms with Crippen molar-refractivity contribution in [2.24, 2.45) is 0 Å². The van der Waals surface area contributed by atoms with Crippen molar-refractivity contribution in [2.75, 3.05) is 5.73 Å². The Morgan fingerprint density at radius 3 is 2.82 bits per heavy atom. The van der Waals surface area contributed by atoms with E-state index in [2.05, 4.69) is 20.9 Å². The Bertz CT molecular complexity index is 516. The molecule has 1 heterocycles. The first kappa shape index (κ1) is 12.1. The number of anilines is 1. The highest BCUT2D eigenvalue weighted by molar-refractivity contribution is 9.10. The molecule has 1 aromatic carbocycles. The monoisotopic (exact) mass is 292 g/mol. The van der Waals surface area contributed by atoms with Gasteiger partial charge in [0, 0.05) is 17.1 Å². The third-order valence-electron chi connectivity index (χ3n) is 2.57. The molecule has 0 spiro atoms. The van der Waals surface area contributed by atoms with E-state index in [-0.39, 0.29) is 0 Å². The number of hydrogen-bond acceptors (Lipinski definition) is 3. The van der Waals surface area contributed by atoms with Gasteiger partial charge in [0.25, 0.3) is 0 Å². The lowest BCUT2D eigenvalue weighted by atomic mass is 10.0. The van der Waals surface area contributed by atoms with Crippen molar-refractivity contribution < 1.29 is 5.11 Å². The summed E-state index contributed by atoms with van der Waals surface area (Å²) in [5.74, 6) is 0.474. The van der Waals surface area contributed by atoms with Gasteiger partial charge in [-0.2, -0.15) is 0 Å². The number of nitrogens with two attached hydrogens (primary N) is 1. The number of hydrogen-bond donors (Lipinski definition) is 2. The predicted molar refractivity (Wildman–Crippen MR) is 71.5 cm³/mol. The van der Waals surface area contributed by atoms with Gasteiger partial charge >= 0.3 is 0 Å². The Labute approximate surface area is 108 Å². The minimum Gasteiger partial charge on any atom is -0.388 e. The largest absolute Gasteiger partial charge is 0.388 e. The third-order valence-corrected chi connectivity index (χ3v) is 3.07. The summed E-state index contributed by atoms with van der Waals surface area (Å²) in [4.78, 5) is 4.00. The van der Waals surface area contributed by atoms with Crippen LogP contribution < -0.4 is 5.73 Å². The molecule has 2 rings (SSSR count). The van der Waals surface area contributed by atoms with Crippen LogP contribution in [0.3, 0.4) is 0 Å². The smallest absolute Gasteiger partial charge is 0.126 e. The van der Waals surface area contributed by atoms with Crippen molar-refractivity contribution in [3.8, 4) is 0 Å². The van der Waals surface area contributed by atoms with Crippen LogP contribution >= 0.6 is 15.9 Å². The van der Waals surface area contributed by atoms with Crippen molar-refractivity contribution in [1.82, 2.24) is 4.98 Å². The van der Waals surface area contributed by atoms with E-state index in [1.165, 1.54) is 0 Å². The molecule has 1 aromatic heterocycles. The second-order valence-corrected chi connectivity index (χ2v) is 4.74.